The minimum Gasteiger partial charge on any atom is -0.494 e. The molecule has 1 aliphatic carbocycles. The van der Waals surface area contributed by atoms with Gasteiger partial charge in [-0.1, -0.05) is 12.5 Å². The number of rotatable bonds is 12. The van der Waals surface area contributed by atoms with Crippen LogP contribution in [0.5, 0.6) is 11.5 Å². The Balaban J connectivity index is 1.81. The largest absolute Gasteiger partial charge is 0.494 e. The number of ether oxygens (including phenoxy) is 4. The van der Waals surface area contributed by atoms with Crippen molar-refractivity contribution in [1.29, 1.82) is 0 Å². The van der Waals surface area contributed by atoms with E-state index in [1.807, 2.05) is 20.8 Å². The molecule has 2 aromatic heterocycles. The van der Waals surface area contributed by atoms with Crippen LogP contribution in [-0.2, 0) is 19.5 Å². The molecule has 0 amide bonds. The Morgan fingerprint density at radius 1 is 1.00 bits per heavy atom. The third-order valence-electron chi connectivity index (χ3n) is 7.02. The summed E-state index contributed by atoms with van der Waals surface area (Å²) < 4.78 is 55.2. The van der Waals surface area contributed by atoms with E-state index in [1.54, 1.807) is 49.2 Å². The van der Waals surface area contributed by atoms with Gasteiger partial charge in [-0.2, -0.15) is 0 Å². The van der Waals surface area contributed by atoms with Crippen LogP contribution >= 0.6 is 0 Å². The van der Waals surface area contributed by atoms with Gasteiger partial charge < -0.3 is 18.9 Å². The zero-order valence-electron chi connectivity index (χ0n) is 24.0. The van der Waals surface area contributed by atoms with E-state index in [0.29, 0.717) is 23.0 Å². The van der Waals surface area contributed by atoms with Crippen molar-refractivity contribution in [3.05, 3.63) is 47.8 Å². The van der Waals surface area contributed by atoms with E-state index >= 15 is 0 Å². The highest BCUT2D eigenvalue weighted by molar-refractivity contribution is 7.93. The maximum atomic E-state index is 13.9. The Morgan fingerprint density at radius 2 is 1.65 bits per heavy atom. The van der Waals surface area contributed by atoms with Gasteiger partial charge in [0.2, 0.25) is 16.0 Å². The molecule has 1 fully saturated rings. The molecule has 2 heterocycles. The van der Waals surface area contributed by atoms with Gasteiger partial charge in [-0.25, -0.2) is 18.4 Å². The molecule has 1 aliphatic rings. The lowest BCUT2D eigenvalue weighted by Gasteiger charge is -2.26. The highest BCUT2D eigenvalue weighted by Gasteiger charge is 2.38. The number of hydrogen-bond acceptors (Lipinski definition) is 10. The molecule has 0 spiro atoms. The van der Waals surface area contributed by atoms with Crippen molar-refractivity contribution in [2.45, 2.75) is 76.4 Å². The lowest BCUT2D eigenvalue weighted by atomic mass is 10.0. The van der Waals surface area contributed by atoms with E-state index in [4.69, 9.17) is 18.9 Å². The summed E-state index contributed by atoms with van der Waals surface area (Å²) in [5, 5.41) is 7.70. The van der Waals surface area contributed by atoms with Crippen LogP contribution in [0, 0.1) is 6.92 Å². The van der Waals surface area contributed by atoms with E-state index in [0.717, 1.165) is 24.8 Å². The van der Waals surface area contributed by atoms with Crippen LogP contribution in [0.2, 0.25) is 0 Å². The molecule has 0 aliphatic heterocycles. The van der Waals surface area contributed by atoms with Gasteiger partial charge in [0.15, 0.2) is 5.82 Å². The summed E-state index contributed by atoms with van der Waals surface area (Å²) in [4.78, 5) is 8.70. The lowest BCUT2D eigenvalue weighted by Crippen LogP contribution is -2.35. The summed E-state index contributed by atoms with van der Waals surface area (Å²) in [6.45, 7) is 7.08. The van der Waals surface area contributed by atoms with Crippen molar-refractivity contribution < 1.29 is 27.4 Å². The number of methoxy groups -OCH3 is 3. The first kappa shape index (κ1) is 29.7. The van der Waals surface area contributed by atoms with Crippen LogP contribution in [0.3, 0.4) is 0 Å². The second kappa shape index (κ2) is 12.5. The molecule has 1 N–H and O–H groups in total. The first-order chi connectivity index (χ1) is 19.1. The molecule has 12 nitrogen and oxygen atoms in total. The molecule has 1 aromatic carbocycles. The molecule has 4 rings (SSSR count). The number of benzene rings is 1. The topological polar surface area (TPSA) is 140 Å². The van der Waals surface area contributed by atoms with Crippen molar-refractivity contribution >= 4 is 16.0 Å². The van der Waals surface area contributed by atoms with E-state index in [9.17, 15) is 8.42 Å². The summed E-state index contributed by atoms with van der Waals surface area (Å²) in [6, 6.07) is 5.33. The minimum absolute atomic E-state index is 0.000440. The van der Waals surface area contributed by atoms with E-state index in [-0.39, 0.29) is 29.9 Å². The standard InChI is InChI=1S/C27H38N6O6S/c1-16(2)39-24(25-28-14-17(3)15-29-25)18(4)40(34,35)32-27-31-30-26(19-10-8-11-20(19)36-5)33(27)23-21(37-6)12-9-13-22(23)38-7/h9,12-16,18-20,24H,8,10-11H2,1-7H3,(H,31,32)/t18-,19+,20+,24+/m0/s1. The fourth-order valence-corrected chi connectivity index (χ4v) is 6.07. The number of para-hydroxylation sites is 1. The molecule has 1 saturated carbocycles. The maximum absolute atomic E-state index is 13.9. The van der Waals surface area contributed by atoms with Crippen molar-refractivity contribution in [1.82, 2.24) is 24.7 Å². The fourth-order valence-electron chi connectivity index (χ4n) is 4.99. The fraction of sp³-hybridized carbons (Fsp3) is 0.556. The Kier molecular flexibility index (Phi) is 9.26. The predicted molar refractivity (Wildman–Crippen MR) is 150 cm³/mol. The molecule has 3 aromatic rings. The summed E-state index contributed by atoms with van der Waals surface area (Å²) in [7, 11) is 0.639. The van der Waals surface area contributed by atoms with Crippen LogP contribution in [-0.4, -0.2) is 71.9 Å². The molecular weight excluding hydrogens is 536 g/mol. The van der Waals surface area contributed by atoms with Crippen LogP contribution in [0.1, 0.15) is 69.3 Å². The van der Waals surface area contributed by atoms with Crippen molar-refractivity contribution in [3.8, 4) is 17.2 Å². The third kappa shape index (κ3) is 6.06. The van der Waals surface area contributed by atoms with Crippen molar-refractivity contribution in [2.24, 2.45) is 0 Å². The number of nitrogens with one attached hydrogen (secondary N) is 1. The number of nitrogens with zero attached hydrogens (tertiary/aromatic N) is 5. The van der Waals surface area contributed by atoms with Crippen molar-refractivity contribution in [2.75, 3.05) is 26.1 Å². The molecule has 4 atom stereocenters. The monoisotopic (exact) mass is 574 g/mol. The van der Waals surface area contributed by atoms with Crippen LogP contribution < -0.4 is 14.2 Å². The highest BCUT2D eigenvalue weighted by atomic mass is 32.2. The van der Waals surface area contributed by atoms with Gasteiger partial charge in [0.1, 0.15) is 34.4 Å². The molecule has 0 bridgehead atoms. The number of hydrogen-bond donors (Lipinski definition) is 1. The molecule has 0 radical (unpaired) electrons. The number of anilines is 1. The van der Waals surface area contributed by atoms with Crippen LogP contribution in [0.15, 0.2) is 30.6 Å². The summed E-state index contributed by atoms with van der Waals surface area (Å²) >= 11 is 0. The predicted octanol–water partition coefficient (Wildman–Crippen LogP) is 3.96. The second-order valence-corrected chi connectivity index (χ2v) is 12.2. The van der Waals surface area contributed by atoms with Crippen LogP contribution in [0.4, 0.5) is 5.95 Å². The summed E-state index contributed by atoms with van der Waals surface area (Å²) in [5.41, 5.74) is 1.34. The third-order valence-corrected chi connectivity index (χ3v) is 8.72. The Bertz CT molecular complexity index is 1370. The van der Waals surface area contributed by atoms with Gasteiger partial charge in [0.05, 0.1) is 26.4 Å². The summed E-state index contributed by atoms with van der Waals surface area (Å²) in [5.74, 6) is 1.65. The first-order valence-electron chi connectivity index (χ1n) is 13.3. The van der Waals surface area contributed by atoms with Gasteiger partial charge >= 0.3 is 0 Å². The van der Waals surface area contributed by atoms with E-state index in [2.05, 4.69) is 24.9 Å². The minimum atomic E-state index is -4.11. The van der Waals surface area contributed by atoms with E-state index in [1.165, 1.54) is 14.2 Å². The van der Waals surface area contributed by atoms with Gasteiger partial charge in [-0.15, -0.1) is 10.2 Å². The zero-order valence-corrected chi connectivity index (χ0v) is 24.8. The molecule has 13 heteroatoms. The second-order valence-electron chi connectivity index (χ2n) is 10.1. The van der Waals surface area contributed by atoms with E-state index < -0.39 is 21.4 Å². The Labute approximate surface area is 235 Å². The van der Waals surface area contributed by atoms with Crippen molar-refractivity contribution in [3.63, 3.8) is 0 Å². The lowest BCUT2D eigenvalue weighted by molar-refractivity contribution is 0.00152. The van der Waals surface area contributed by atoms with Gasteiger partial charge in [0, 0.05) is 25.4 Å². The van der Waals surface area contributed by atoms with Gasteiger partial charge in [-0.3, -0.25) is 9.29 Å². The van der Waals surface area contributed by atoms with Crippen LogP contribution in [0.25, 0.3) is 5.69 Å². The number of sulfonamides is 1. The first-order valence-corrected chi connectivity index (χ1v) is 14.8. The quantitative estimate of drug-likeness (QED) is 0.338. The number of aryl methyl sites for hydroxylation is 1. The highest BCUT2D eigenvalue weighted by Crippen LogP contribution is 2.42. The maximum Gasteiger partial charge on any atom is 0.243 e. The molecule has 0 saturated heterocycles. The Morgan fingerprint density at radius 3 is 2.23 bits per heavy atom. The molecule has 0 unspecified atom stereocenters. The molecule has 40 heavy (non-hydrogen) atoms. The average molecular weight is 575 g/mol. The molecular formula is C27H38N6O6S. The number of aromatic nitrogens is 5. The average Bonchev–Trinajstić information content (AvgIpc) is 3.57. The Hall–Kier alpha value is -3.29. The SMILES string of the molecule is COc1cccc(OC)c1-n1c(NS(=O)(=O)[C@@H](C)[C@@H](OC(C)C)c2ncc(C)cn2)nnc1[C@@H]1CCC[C@H]1OC. The normalized spacial score (nSPS) is 19.0. The molecule has 218 valence electrons. The van der Waals surface area contributed by atoms with Gasteiger partial charge in [-0.05, 0) is 58.2 Å². The smallest absolute Gasteiger partial charge is 0.243 e. The summed E-state index contributed by atoms with van der Waals surface area (Å²) in [6.07, 6.45) is 4.60. The zero-order chi connectivity index (χ0) is 29.0. The van der Waals surface area contributed by atoms with Gasteiger partial charge in [0.25, 0.3) is 0 Å².